The Labute approximate surface area is 147 Å². The number of hydrogen-bond acceptors (Lipinski definition) is 4. The number of hydrogen-bond donors (Lipinski definition) is 2. The third kappa shape index (κ3) is 3.69. The summed E-state index contributed by atoms with van der Waals surface area (Å²) in [5.74, 6) is 0.281. The Morgan fingerprint density at radius 2 is 2.04 bits per heavy atom. The Kier molecular flexibility index (Phi) is 5.08. The first-order valence-electron chi connectivity index (χ1n) is 8.78. The molecule has 2 heterocycles. The number of likely N-dealkylation sites (tertiary alicyclic amines) is 1. The number of amides is 1. The second kappa shape index (κ2) is 7.27. The van der Waals surface area contributed by atoms with Crippen molar-refractivity contribution >= 4 is 5.91 Å². The highest BCUT2D eigenvalue weighted by Crippen LogP contribution is 2.24. The van der Waals surface area contributed by atoms with Gasteiger partial charge < -0.3 is 15.1 Å². The SMILES string of the molecule is CC(C)c1cccc(-n2cc(O)c(C(=O)N3CCC(CO)CC3)n2)c1. The van der Waals surface area contributed by atoms with Crippen LogP contribution in [0, 0.1) is 5.92 Å². The monoisotopic (exact) mass is 343 g/mol. The summed E-state index contributed by atoms with van der Waals surface area (Å²) in [5, 5.41) is 23.7. The summed E-state index contributed by atoms with van der Waals surface area (Å²) < 4.78 is 1.55. The van der Waals surface area contributed by atoms with E-state index in [-0.39, 0.29) is 29.9 Å². The quantitative estimate of drug-likeness (QED) is 0.894. The number of benzene rings is 1. The minimum absolute atomic E-state index is 0.0809. The highest BCUT2D eigenvalue weighted by molar-refractivity contribution is 5.94. The van der Waals surface area contributed by atoms with Gasteiger partial charge in [0.25, 0.3) is 5.91 Å². The molecular weight excluding hydrogens is 318 g/mol. The van der Waals surface area contributed by atoms with E-state index in [0.717, 1.165) is 18.5 Å². The Balaban J connectivity index is 1.81. The molecule has 1 fully saturated rings. The molecule has 0 aliphatic carbocycles. The highest BCUT2D eigenvalue weighted by atomic mass is 16.3. The van der Waals surface area contributed by atoms with Crippen LogP contribution in [-0.2, 0) is 0 Å². The molecular formula is C19H25N3O3. The molecule has 1 aliphatic rings. The number of carbonyl (C=O) groups is 1. The van der Waals surface area contributed by atoms with Crippen molar-refractivity contribution in [2.24, 2.45) is 5.92 Å². The Morgan fingerprint density at radius 3 is 2.68 bits per heavy atom. The molecule has 1 aromatic heterocycles. The molecule has 0 unspecified atom stereocenters. The van der Waals surface area contributed by atoms with E-state index < -0.39 is 0 Å². The topological polar surface area (TPSA) is 78.6 Å². The number of carbonyl (C=O) groups excluding carboxylic acids is 1. The minimum atomic E-state index is -0.257. The third-order valence-electron chi connectivity index (χ3n) is 4.86. The molecule has 0 bridgehead atoms. The van der Waals surface area contributed by atoms with E-state index in [1.54, 1.807) is 9.58 Å². The molecule has 3 rings (SSSR count). The number of rotatable bonds is 4. The van der Waals surface area contributed by atoms with Crippen LogP contribution in [0.1, 0.15) is 48.7 Å². The van der Waals surface area contributed by atoms with Gasteiger partial charge in [-0.05, 0) is 42.4 Å². The van der Waals surface area contributed by atoms with Crippen molar-refractivity contribution in [1.82, 2.24) is 14.7 Å². The average Bonchev–Trinajstić information content (AvgIpc) is 3.03. The molecule has 2 aromatic rings. The van der Waals surface area contributed by atoms with Gasteiger partial charge in [-0.15, -0.1) is 0 Å². The summed E-state index contributed by atoms with van der Waals surface area (Å²) in [5.41, 5.74) is 2.07. The lowest BCUT2D eigenvalue weighted by Crippen LogP contribution is -2.39. The van der Waals surface area contributed by atoms with Crippen LogP contribution in [0.25, 0.3) is 5.69 Å². The second-order valence-corrected chi connectivity index (χ2v) is 6.98. The van der Waals surface area contributed by atoms with Gasteiger partial charge in [0.2, 0.25) is 0 Å². The summed E-state index contributed by atoms with van der Waals surface area (Å²) in [6, 6.07) is 7.91. The van der Waals surface area contributed by atoms with Crippen LogP contribution in [0.15, 0.2) is 30.5 Å². The fourth-order valence-electron chi connectivity index (χ4n) is 3.14. The van der Waals surface area contributed by atoms with Crippen molar-refractivity contribution in [3.05, 3.63) is 41.7 Å². The van der Waals surface area contributed by atoms with Crippen LogP contribution in [0.2, 0.25) is 0 Å². The molecule has 1 aliphatic heterocycles. The van der Waals surface area contributed by atoms with Crippen LogP contribution in [0.5, 0.6) is 5.75 Å². The van der Waals surface area contributed by atoms with E-state index in [1.807, 2.05) is 18.2 Å². The lowest BCUT2D eigenvalue weighted by Gasteiger charge is -2.30. The number of aliphatic hydroxyl groups excluding tert-OH is 1. The summed E-state index contributed by atoms with van der Waals surface area (Å²) in [6.45, 7) is 5.56. The Morgan fingerprint density at radius 1 is 1.32 bits per heavy atom. The molecule has 25 heavy (non-hydrogen) atoms. The molecule has 1 aromatic carbocycles. The zero-order valence-electron chi connectivity index (χ0n) is 14.7. The molecule has 0 spiro atoms. The lowest BCUT2D eigenvalue weighted by atomic mass is 9.98. The van der Waals surface area contributed by atoms with Gasteiger partial charge in [0.05, 0.1) is 11.9 Å². The number of aromatic hydroxyl groups is 1. The molecule has 1 amide bonds. The van der Waals surface area contributed by atoms with E-state index in [9.17, 15) is 15.0 Å². The van der Waals surface area contributed by atoms with Crippen molar-refractivity contribution in [3.63, 3.8) is 0 Å². The number of aromatic nitrogens is 2. The van der Waals surface area contributed by atoms with Crippen LogP contribution >= 0.6 is 0 Å². The Hall–Kier alpha value is -2.34. The van der Waals surface area contributed by atoms with Crippen LogP contribution in [0.3, 0.4) is 0 Å². The zero-order valence-corrected chi connectivity index (χ0v) is 14.7. The van der Waals surface area contributed by atoms with E-state index in [4.69, 9.17) is 0 Å². The highest BCUT2D eigenvalue weighted by Gasteiger charge is 2.27. The smallest absolute Gasteiger partial charge is 0.278 e. The summed E-state index contributed by atoms with van der Waals surface area (Å²) >= 11 is 0. The van der Waals surface area contributed by atoms with Gasteiger partial charge in [-0.2, -0.15) is 5.10 Å². The lowest BCUT2D eigenvalue weighted by molar-refractivity contribution is 0.0642. The van der Waals surface area contributed by atoms with Crippen molar-refractivity contribution in [2.45, 2.75) is 32.6 Å². The van der Waals surface area contributed by atoms with Gasteiger partial charge >= 0.3 is 0 Å². The predicted molar refractivity (Wildman–Crippen MR) is 95.0 cm³/mol. The number of piperidine rings is 1. The number of aliphatic hydroxyl groups is 1. The third-order valence-corrected chi connectivity index (χ3v) is 4.86. The van der Waals surface area contributed by atoms with Crippen molar-refractivity contribution in [3.8, 4) is 11.4 Å². The largest absolute Gasteiger partial charge is 0.504 e. The first kappa shape index (κ1) is 17.5. The van der Waals surface area contributed by atoms with Gasteiger partial charge in [0.15, 0.2) is 11.4 Å². The standard InChI is InChI=1S/C19H25N3O3/c1-13(2)15-4-3-5-16(10-15)22-11-17(24)18(20-22)19(25)21-8-6-14(12-23)7-9-21/h3-5,10-11,13-14,23-24H,6-9,12H2,1-2H3. The molecule has 134 valence electrons. The van der Waals surface area contributed by atoms with Crippen LogP contribution in [0.4, 0.5) is 0 Å². The van der Waals surface area contributed by atoms with Crippen molar-refractivity contribution < 1.29 is 15.0 Å². The number of nitrogens with zero attached hydrogens (tertiary/aromatic N) is 3. The molecule has 6 heteroatoms. The van der Waals surface area contributed by atoms with Crippen molar-refractivity contribution in [2.75, 3.05) is 19.7 Å². The van der Waals surface area contributed by atoms with Gasteiger partial charge in [-0.1, -0.05) is 26.0 Å². The van der Waals surface area contributed by atoms with E-state index in [1.165, 1.54) is 11.8 Å². The molecule has 2 N–H and O–H groups in total. The summed E-state index contributed by atoms with van der Waals surface area (Å²) in [4.78, 5) is 14.4. The molecule has 6 nitrogen and oxygen atoms in total. The molecule has 0 atom stereocenters. The maximum absolute atomic E-state index is 12.7. The van der Waals surface area contributed by atoms with Crippen LogP contribution < -0.4 is 0 Å². The predicted octanol–water partition coefficient (Wildman–Crippen LogP) is 2.55. The normalized spacial score (nSPS) is 15.8. The van der Waals surface area contributed by atoms with Gasteiger partial charge in [-0.3, -0.25) is 4.79 Å². The fraction of sp³-hybridized carbons (Fsp3) is 0.474. The molecule has 0 saturated carbocycles. The minimum Gasteiger partial charge on any atom is -0.504 e. The fourth-order valence-corrected chi connectivity index (χ4v) is 3.14. The molecule has 0 radical (unpaired) electrons. The van der Waals surface area contributed by atoms with Crippen molar-refractivity contribution in [1.29, 1.82) is 0 Å². The van der Waals surface area contributed by atoms with E-state index in [0.29, 0.717) is 19.0 Å². The first-order chi connectivity index (χ1) is 12.0. The van der Waals surface area contributed by atoms with Gasteiger partial charge in [0, 0.05) is 19.7 Å². The van der Waals surface area contributed by atoms with Crippen LogP contribution in [-0.4, -0.2) is 50.5 Å². The summed E-state index contributed by atoms with van der Waals surface area (Å²) in [6.07, 6.45) is 3.04. The van der Waals surface area contributed by atoms with E-state index in [2.05, 4.69) is 25.0 Å². The Bertz CT molecular complexity index is 746. The summed E-state index contributed by atoms with van der Waals surface area (Å²) in [7, 11) is 0. The maximum Gasteiger partial charge on any atom is 0.278 e. The van der Waals surface area contributed by atoms with Gasteiger partial charge in [-0.25, -0.2) is 4.68 Å². The average molecular weight is 343 g/mol. The molecule has 1 saturated heterocycles. The first-order valence-corrected chi connectivity index (χ1v) is 8.78. The van der Waals surface area contributed by atoms with Gasteiger partial charge in [0.1, 0.15) is 0 Å². The zero-order chi connectivity index (χ0) is 18.0. The second-order valence-electron chi connectivity index (χ2n) is 6.98. The van der Waals surface area contributed by atoms with E-state index >= 15 is 0 Å². The maximum atomic E-state index is 12.7.